The molecule has 30 heavy (non-hydrogen) atoms. The van der Waals surface area contributed by atoms with Crippen molar-refractivity contribution < 1.29 is 9.59 Å². The summed E-state index contributed by atoms with van der Waals surface area (Å²) in [5.41, 5.74) is 3.38. The van der Waals surface area contributed by atoms with E-state index in [0.717, 1.165) is 24.2 Å². The number of hydrogen-bond acceptors (Lipinski definition) is 3. The smallest absolute Gasteiger partial charge is 0.234 e. The number of nitrogens with zero attached hydrogens (tertiary/aromatic N) is 2. The molecule has 1 atom stereocenters. The van der Waals surface area contributed by atoms with E-state index in [-0.39, 0.29) is 17.9 Å². The van der Waals surface area contributed by atoms with Gasteiger partial charge in [-0.1, -0.05) is 74.0 Å². The highest BCUT2D eigenvalue weighted by atomic mass is 16.2. The van der Waals surface area contributed by atoms with Crippen LogP contribution in [0.15, 0.2) is 54.6 Å². The Morgan fingerprint density at radius 2 is 1.57 bits per heavy atom. The molecule has 2 aromatic carbocycles. The first-order chi connectivity index (χ1) is 14.4. The highest BCUT2D eigenvalue weighted by molar-refractivity contribution is 5.79. The second-order valence-corrected chi connectivity index (χ2v) is 8.52. The molecule has 5 nitrogen and oxygen atoms in total. The summed E-state index contributed by atoms with van der Waals surface area (Å²) in [6.45, 7) is 9.46. The van der Waals surface area contributed by atoms with Gasteiger partial charge < -0.3 is 10.2 Å². The number of benzene rings is 2. The molecule has 5 heteroatoms. The van der Waals surface area contributed by atoms with Crippen molar-refractivity contribution in [2.75, 3.05) is 32.7 Å². The van der Waals surface area contributed by atoms with Crippen LogP contribution in [-0.2, 0) is 16.0 Å². The van der Waals surface area contributed by atoms with Crippen molar-refractivity contribution >= 4 is 11.8 Å². The van der Waals surface area contributed by atoms with Crippen molar-refractivity contribution in [1.82, 2.24) is 15.1 Å². The van der Waals surface area contributed by atoms with Crippen molar-refractivity contribution in [3.63, 3.8) is 0 Å². The molecule has 1 heterocycles. The lowest BCUT2D eigenvalue weighted by Crippen LogP contribution is -2.51. The lowest BCUT2D eigenvalue weighted by Gasteiger charge is -2.35. The molecule has 2 amide bonds. The van der Waals surface area contributed by atoms with Crippen LogP contribution >= 0.6 is 0 Å². The van der Waals surface area contributed by atoms with Crippen LogP contribution in [0.1, 0.15) is 36.6 Å². The SMILES string of the molecule is Cc1ccc(CC(=O)N2CCN(CC(=O)NC(c3ccccc3)C(C)C)CC2)cc1. The minimum Gasteiger partial charge on any atom is -0.348 e. The van der Waals surface area contributed by atoms with E-state index in [1.807, 2.05) is 54.3 Å². The average Bonchev–Trinajstić information content (AvgIpc) is 2.74. The zero-order chi connectivity index (χ0) is 21.5. The lowest BCUT2D eigenvalue weighted by atomic mass is 9.96. The monoisotopic (exact) mass is 407 g/mol. The molecule has 1 N–H and O–H groups in total. The Morgan fingerprint density at radius 1 is 0.933 bits per heavy atom. The maximum absolute atomic E-state index is 12.7. The minimum absolute atomic E-state index is 0.0103. The van der Waals surface area contributed by atoms with Crippen molar-refractivity contribution in [1.29, 1.82) is 0 Å². The summed E-state index contributed by atoms with van der Waals surface area (Å²) < 4.78 is 0. The number of hydrogen-bond donors (Lipinski definition) is 1. The van der Waals surface area contributed by atoms with Gasteiger partial charge >= 0.3 is 0 Å². The highest BCUT2D eigenvalue weighted by Crippen LogP contribution is 2.21. The number of nitrogens with one attached hydrogen (secondary N) is 1. The van der Waals surface area contributed by atoms with E-state index < -0.39 is 0 Å². The summed E-state index contributed by atoms with van der Waals surface area (Å²) >= 11 is 0. The van der Waals surface area contributed by atoms with Gasteiger partial charge in [0, 0.05) is 26.2 Å². The van der Waals surface area contributed by atoms with E-state index in [1.165, 1.54) is 5.56 Å². The van der Waals surface area contributed by atoms with Crippen LogP contribution < -0.4 is 5.32 Å². The second kappa shape index (κ2) is 10.4. The Balaban J connectivity index is 1.46. The van der Waals surface area contributed by atoms with Crippen molar-refractivity contribution in [2.24, 2.45) is 5.92 Å². The van der Waals surface area contributed by atoms with E-state index in [0.29, 0.717) is 32.0 Å². The number of aryl methyl sites for hydroxylation is 1. The molecule has 0 spiro atoms. The molecule has 160 valence electrons. The predicted octanol–water partition coefficient (Wildman–Crippen LogP) is 3.20. The largest absolute Gasteiger partial charge is 0.348 e. The predicted molar refractivity (Wildman–Crippen MR) is 120 cm³/mol. The molecule has 1 saturated heterocycles. The van der Waals surface area contributed by atoms with Gasteiger partial charge in [-0.05, 0) is 24.0 Å². The Morgan fingerprint density at radius 3 is 2.17 bits per heavy atom. The summed E-state index contributed by atoms with van der Waals surface area (Å²) in [4.78, 5) is 29.3. The molecule has 1 aliphatic rings. The van der Waals surface area contributed by atoms with Gasteiger partial charge in [0.2, 0.25) is 11.8 Å². The Hall–Kier alpha value is -2.66. The number of piperazine rings is 1. The van der Waals surface area contributed by atoms with Gasteiger partial charge in [-0.25, -0.2) is 0 Å². The fraction of sp³-hybridized carbons (Fsp3) is 0.440. The first kappa shape index (κ1) is 22.0. The van der Waals surface area contributed by atoms with Gasteiger partial charge in [0.05, 0.1) is 19.0 Å². The molecule has 1 aliphatic heterocycles. The van der Waals surface area contributed by atoms with Gasteiger partial charge in [0.1, 0.15) is 0 Å². The lowest BCUT2D eigenvalue weighted by molar-refractivity contribution is -0.132. The first-order valence-corrected chi connectivity index (χ1v) is 10.8. The van der Waals surface area contributed by atoms with Crippen LogP contribution in [0.25, 0.3) is 0 Å². The maximum atomic E-state index is 12.7. The van der Waals surface area contributed by atoms with E-state index in [4.69, 9.17) is 0 Å². The molecule has 3 rings (SSSR count). The summed E-state index contributed by atoms with van der Waals surface area (Å²) in [6.07, 6.45) is 0.438. The van der Waals surface area contributed by atoms with Gasteiger partial charge in [-0.3, -0.25) is 14.5 Å². The molecule has 1 unspecified atom stereocenters. The van der Waals surface area contributed by atoms with Gasteiger partial charge in [0.25, 0.3) is 0 Å². The molecule has 0 saturated carbocycles. The van der Waals surface area contributed by atoms with Crippen molar-refractivity contribution in [3.8, 4) is 0 Å². The van der Waals surface area contributed by atoms with Crippen molar-refractivity contribution in [3.05, 3.63) is 71.3 Å². The summed E-state index contributed by atoms with van der Waals surface area (Å²) in [5.74, 6) is 0.511. The zero-order valence-electron chi connectivity index (χ0n) is 18.3. The Kier molecular flexibility index (Phi) is 7.63. The van der Waals surface area contributed by atoms with E-state index in [1.54, 1.807) is 0 Å². The molecular formula is C25H33N3O2. The maximum Gasteiger partial charge on any atom is 0.234 e. The topological polar surface area (TPSA) is 52.7 Å². The average molecular weight is 408 g/mol. The molecule has 0 bridgehead atoms. The van der Waals surface area contributed by atoms with Gasteiger partial charge in [-0.15, -0.1) is 0 Å². The first-order valence-electron chi connectivity index (χ1n) is 10.8. The van der Waals surface area contributed by atoms with E-state index in [9.17, 15) is 9.59 Å². The molecule has 0 aromatic heterocycles. The molecule has 0 radical (unpaired) electrons. The highest BCUT2D eigenvalue weighted by Gasteiger charge is 2.24. The Bertz CT molecular complexity index is 825. The quantitative estimate of drug-likeness (QED) is 0.767. The van der Waals surface area contributed by atoms with Crippen molar-refractivity contribution in [2.45, 2.75) is 33.2 Å². The molecular weight excluding hydrogens is 374 g/mol. The second-order valence-electron chi connectivity index (χ2n) is 8.52. The molecule has 2 aromatic rings. The number of carbonyl (C=O) groups excluding carboxylic acids is 2. The van der Waals surface area contributed by atoms with Gasteiger partial charge in [-0.2, -0.15) is 0 Å². The number of carbonyl (C=O) groups is 2. The van der Waals surface area contributed by atoms with Crippen LogP contribution in [-0.4, -0.2) is 54.3 Å². The Labute approximate surface area is 180 Å². The third kappa shape index (κ3) is 6.17. The standard InChI is InChI=1S/C25H33N3O2/c1-19(2)25(22-7-5-4-6-8-22)26-23(29)18-27-13-15-28(16-14-27)24(30)17-21-11-9-20(3)10-12-21/h4-12,19,25H,13-18H2,1-3H3,(H,26,29). The minimum atomic E-state index is 0.0103. The van der Waals surface area contributed by atoms with Crippen LogP contribution in [0.5, 0.6) is 0 Å². The third-order valence-electron chi connectivity index (χ3n) is 5.71. The number of amides is 2. The summed E-state index contributed by atoms with van der Waals surface area (Å²) in [7, 11) is 0. The normalized spacial score (nSPS) is 15.8. The number of rotatable bonds is 7. The van der Waals surface area contributed by atoms with E-state index >= 15 is 0 Å². The van der Waals surface area contributed by atoms with Crippen LogP contribution in [0.2, 0.25) is 0 Å². The van der Waals surface area contributed by atoms with Crippen LogP contribution in [0.4, 0.5) is 0 Å². The fourth-order valence-corrected chi connectivity index (χ4v) is 3.87. The molecule has 1 fully saturated rings. The zero-order valence-corrected chi connectivity index (χ0v) is 18.3. The summed E-state index contributed by atoms with van der Waals surface area (Å²) in [5, 5.41) is 3.19. The molecule has 0 aliphatic carbocycles. The van der Waals surface area contributed by atoms with E-state index in [2.05, 4.69) is 36.2 Å². The van der Waals surface area contributed by atoms with Crippen LogP contribution in [0, 0.1) is 12.8 Å². The third-order valence-corrected chi connectivity index (χ3v) is 5.71. The summed E-state index contributed by atoms with van der Waals surface area (Å²) in [6, 6.07) is 18.2. The van der Waals surface area contributed by atoms with Crippen LogP contribution in [0.3, 0.4) is 0 Å². The fourth-order valence-electron chi connectivity index (χ4n) is 3.87. The van der Waals surface area contributed by atoms with Gasteiger partial charge in [0.15, 0.2) is 0 Å².